The Morgan fingerprint density at radius 3 is 1.59 bits per heavy atom. The molecule has 0 saturated heterocycles. The van der Waals surface area contributed by atoms with Crippen LogP contribution >= 0.6 is 11.3 Å². The molecule has 3 nitrogen and oxygen atoms in total. The number of hydrogen-bond acceptors (Lipinski definition) is 4. The van der Waals surface area contributed by atoms with Crippen LogP contribution in [0.3, 0.4) is 0 Å². The lowest BCUT2D eigenvalue weighted by Gasteiger charge is -2.12. The average Bonchev–Trinajstić information content (AvgIpc) is 3.60. The van der Waals surface area contributed by atoms with Gasteiger partial charge in [0.25, 0.3) is 0 Å². The van der Waals surface area contributed by atoms with Crippen molar-refractivity contribution >= 4 is 53.2 Å². The molecular weight excluding hydrogens is 639 g/mol. The van der Waals surface area contributed by atoms with Gasteiger partial charge in [-0.15, -0.1) is 11.3 Å². The lowest BCUT2D eigenvalue weighted by molar-refractivity contribution is 1.18. The Morgan fingerprint density at radius 1 is 0.333 bits per heavy atom. The van der Waals surface area contributed by atoms with Crippen LogP contribution in [-0.2, 0) is 0 Å². The van der Waals surface area contributed by atoms with Crippen LogP contribution in [0.25, 0.3) is 98.1 Å². The van der Waals surface area contributed by atoms with Crippen molar-refractivity contribution in [2.24, 2.45) is 0 Å². The number of hydrogen-bond donors (Lipinski definition) is 0. The summed E-state index contributed by atoms with van der Waals surface area (Å²) in [5.41, 5.74) is 10.4. The van der Waals surface area contributed by atoms with Crippen LogP contribution < -0.4 is 0 Å². The molecule has 10 rings (SSSR count). The zero-order valence-corrected chi connectivity index (χ0v) is 28.3. The molecule has 0 aliphatic rings. The first-order chi connectivity index (χ1) is 25.3. The summed E-state index contributed by atoms with van der Waals surface area (Å²) in [7, 11) is 0. The van der Waals surface area contributed by atoms with E-state index in [9.17, 15) is 0 Å². The van der Waals surface area contributed by atoms with Gasteiger partial charge in [-0.2, -0.15) is 0 Å². The Hall–Kier alpha value is -6.49. The third kappa shape index (κ3) is 5.16. The predicted octanol–water partition coefficient (Wildman–Crippen LogP) is 12.9. The standard InChI is InChI=1S/C47H29N3S/c1-4-12-31(13-5-1)40-29-41(32-14-6-2-7-15-32)50-47(49-40)34-22-20-30(21-23-34)35-24-26-42-38(28-35)44-43(51-42)27-25-37-36-18-10-11-19-39(36)48-46(45(37)44)33-16-8-3-9-17-33/h1-29H. The summed E-state index contributed by atoms with van der Waals surface area (Å²) in [6, 6.07) is 61.9. The minimum absolute atomic E-state index is 0.709. The molecule has 0 bridgehead atoms. The van der Waals surface area contributed by atoms with E-state index in [0.717, 1.165) is 50.4 Å². The van der Waals surface area contributed by atoms with Gasteiger partial charge < -0.3 is 0 Å². The smallest absolute Gasteiger partial charge is 0.160 e. The molecule has 4 heteroatoms. The molecule has 7 aromatic carbocycles. The van der Waals surface area contributed by atoms with Gasteiger partial charge in [0.15, 0.2) is 5.82 Å². The molecule has 3 aromatic heterocycles. The van der Waals surface area contributed by atoms with E-state index >= 15 is 0 Å². The summed E-state index contributed by atoms with van der Waals surface area (Å²) in [5, 5.41) is 6.13. The second-order valence-corrected chi connectivity index (χ2v) is 13.9. The monoisotopic (exact) mass is 667 g/mol. The highest BCUT2D eigenvalue weighted by molar-refractivity contribution is 7.26. The number of aromatic nitrogens is 3. The number of para-hydroxylation sites is 1. The summed E-state index contributed by atoms with van der Waals surface area (Å²) in [6.07, 6.45) is 0. The molecule has 0 atom stereocenters. The van der Waals surface area contributed by atoms with Crippen molar-refractivity contribution in [3.05, 3.63) is 176 Å². The van der Waals surface area contributed by atoms with Gasteiger partial charge in [-0.1, -0.05) is 146 Å². The highest BCUT2D eigenvalue weighted by Crippen LogP contribution is 2.44. The lowest BCUT2D eigenvalue weighted by Crippen LogP contribution is -1.95. The Morgan fingerprint density at radius 2 is 0.902 bits per heavy atom. The second-order valence-electron chi connectivity index (χ2n) is 12.8. The van der Waals surface area contributed by atoms with Crippen molar-refractivity contribution in [3.8, 4) is 56.3 Å². The van der Waals surface area contributed by atoms with Crippen LogP contribution in [0, 0.1) is 0 Å². The zero-order chi connectivity index (χ0) is 33.7. The van der Waals surface area contributed by atoms with Gasteiger partial charge in [-0.3, -0.25) is 0 Å². The molecule has 0 radical (unpaired) electrons. The Balaban J connectivity index is 1.12. The van der Waals surface area contributed by atoms with E-state index in [1.807, 2.05) is 47.7 Å². The zero-order valence-electron chi connectivity index (χ0n) is 27.5. The van der Waals surface area contributed by atoms with Gasteiger partial charge in [0, 0.05) is 53.2 Å². The highest BCUT2D eigenvalue weighted by atomic mass is 32.1. The van der Waals surface area contributed by atoms with E-state index in [4.69, 9.17) is 15.0 Å². The fourth-order valence-corrected chi connectivity index (χ4v) is 8.29. The molecule has 3 heterocycles. The van der Waals surface area contributed by atoms with Crippen molar-refractivity contribution < 1.29 is 0 Å². The Bertz CT molecular complexity index is 2820. The SMILES string of the molecule is c1ccc(-c2cc(-c3ccccc3)nc(-c3ccc(-c4ccc5sc6ccc7c8ccccc8nc(-c8ccccc8)c7c6c5c4)cc3)n2)cc1. The molecule has 0 aliphatic carbocycles. The first kappa shape index (κ1) is 29.4. The molecule has 10 aromatic rings. The van der Waals surface area contributed by atoms with E-state index < -0.39 is 0 Å². The molecule has 238 valence electrons. The van der Waals surface area contributed by atoms with E-state index in [0.29, 0.717) is 5.82 Å². The van der Waals surface area contributed by atoms with Crippen LogP contribution in [0.2, 0.25) is 0 Å². The largest absolute Gasteiger partial charge is 0.247 e. The number of benzene rings is 7. The third-order valence-electron chi connectivity index (χ3n) is 9.69. The number of thiophene rings is 1. The number of pyridine rings is 1. The van der Waals surface area contributed by atoms with Crippen molar-refractivity contribution in [1.29, 1.82) is 0 Å². The number of rotatable bonds is 5. The molecule has 0 aliphatic heterocycles. The first-order valence-corrected chi connectivity index (χ1v) is 17.9. The minimum Gasteiger partial charge on any atom is -0.247 e. The molecule has 51 heavy (non-hydrogen) atoms. The summed E-state index contributed by atoms with van der Waals surface area (Å²) in [6.45, 7) is 0. The molecule has 0 amide bonds. The van der Waals surface area contributed by atoms with Gasteiger partial charge in [0.05, 0.1) is 22.6 Å². The van der Waals surface area contributed by atoms with Gasteiger partial charge in [-0.25, -0.2) is 15.0 Å². The number of fused-ring (bicyclic) bond motifs is 7. The fourth-order valence-electron chi connectivity index (χ4n) is 7.20. The Kier molecular flexibility index (Phi) is 7.00. The maximum atomic E-state index is 5.27. The molecule has 0 spiro atoms. The highest BCUT2D eigenvalue weighted by Gasteiger charge is 2.18. The van der Waals surface area contributed by atoms with Crippen molar-refractivity contribution in [3.63, 3.8) is 0 Å². The second kappa shape index (κ2) is 12.1. The molecule has 0 saturated carbocycles. The maximum Gasteiger partial charge on any atom is 0.160 e. The molecule has 0 unspecified atom stereocenters. The first-order valence-electron chi connectivity index (χ1n) is 17.1. The van der Waals surface area contributed by atoms with Crippen LogP contribution in [0.1, 0.15) is 0 Å². The van der Waals surface area contributed by atoms with E-state index in [2.05, 4.69) is 140 Å². The predicted molar refractivity (Wildman–Crippen MR) is 215 cm³/mol. The quantitative estimate of drug-likeness (QED) is 0.171. The maximum absolute atomic E-state index is 5.27. The van der Waals surface area contributed by atoms with Gasteiger partial charge >= 0.3 is 0 Å². The van der Waals surface area contributed by atoms with Crippen molar-refractivity contribution in [1.82, 2.24) is 15.0 Å². The van der Waals surface area contributed by atoms with Gasteiger partial charge in [0.1, 0.15) is 0 Å². The summed E-state index contributed by atoms with van der Waals surface area (Å²) >= 11 is 1.84. The summed E-state index contributed by atoms with van der Waals surface area (Å²) in [5.74, 6) is 0.709. The molecule has 0 N–H and O–H groups in total. The molecular formula is C47H29N3S. The van der Waals surface area contributed by atoms with E-state index in [-0.39, 0.29) is 0 Å². The van der Waals surface area contributed by atoms with Crippen LogP contribution in [0.15, 0.2) is 176 Å². The lowest BCUT2D eigenvalue weighted by atomic mass is 9.95. The average molecular weight is 668 g/mol. The van der Waals surface area contributed by atoms with E-state index in [1.54, 1.807) is 0 Å². The van der Waals surface area contributed by atoms with Gasteiger partial charge in [-0.05, 0) is 46.8 Å². The van der Waals surface area contributed by atoms with Crippen LogP contribution in [0.5, 0.6) is 0 Å². The topological polar surface area (TPSA) is 38.7 Å². The fraction of sp³-hybridized carbons (Fsp3) is 0. The number of nitrogens with zero attached hydrogens (tertiary/aromatic N) is 3. The van der Waals surface area contributed by atoms with E-state index in [1.165, 1.54) is 41.9 Å². The molecule has 0 fully saturated rings. The Labute approximate surface area is 299 Å². The normalized spacial score (nSPS) is 11.5. The summed E-state index contributed by atoms with van der Waals surface area (Å²) in [4.78, 5) is 15.3. The minimum atomic E-state index is 0.709. The van der Waals surface area contributed by atoms with Gasteiger partial charge in [0.2, 0.25) is 0 Å². The van der Waals surface area contributed by atoms with Crippen LogP contribution in [0.4, 0.5) is 0 Å². The third-order valence-corrected chi connectivity index (χ3v) is 10.8. The summed E-state index contributed by atoms with van der Waals surface area (Å²) < 4.78 is 2.54. The van der Waals surface area contributed by atoms with Crippen molar-refractivity contribution in [2.45, 2.75) is 0 Å². The van der Waals surface area contributed by atoms with Crippen LogP contribution in [-0.4, -0.2) is 15.0 Å². The van der Waals surface area contributed by atoms with Crippen molar-refractivity contribution in [2.75, 3.05) is 0 Å².